The molecule has 0 bridgehead atoms. The summed E-state index contributed by atoms with van der Waals surface area (Å²) in [5, 5.41) is 0.970. The van der Waals surface area contributed by atoms with E-state index in [-0.39, 0.29) is 6.04 Å². The number of pyridine rings is 1. The maximum atomic E-state index is 5.79. The molecule has 3 rings (SSSR count). The fourth-order valence-electron chi connectivity index (χ4n) is 1.95. The van der Waals surface area contributed by atoms with Crippen molar-refractivity contribution in [2.24, 2.45) is 5.73 Å². The summed E-state index contributed by atoms with van der Waals surface area (Å²) < 4.78 is 2.24. The molecule has 0 radical (unpaired) electrons. The third kappa shape index (κ3) is 3.17. The Morgan fingerprint density at radius 2 is 2.10 bits per heavy atom. The van der Waals surface area contributed by atoms with E-state index in [9.17, 15) is 0 Å². The normalized spacial score (nSPS) is 12.7. The zero-order valence-electron chi connectivity index (χ0n) is 11.1. The van der Waals surface area contributed by atoms with Gasteiger partial charge in [-0.15, -0.1) is 11.3 Å². The van der Waals surface area contributed by atoms with Gasteiger partial charge in [-0.1, -0.05) is 18.2 Å². The summed E-state index contributed by atoms with van der Waals surface area (Å²) in [6, 6.07) is 12.5. The molecular weight excluding hydrogens is 286 g/mol. The molecule has 1 atom stereocenters. The first kappa shape index (κ1) is 13.5. The van der Waals surface area contributed by atoms with Gasteiger partial charge in [-0.2, -0.15) is 0 Å². The first-order valence-electron chi connectivity index (χ1n) is 6.44. The highest BCUT2D eigenvalue weighted by Crippen LogP contribution is 2.33. The van der Waals surface area contributed by atoms with Crippen LogP contribution >= 0.6 is 23.1 Å². The van der Waals surface area contributed by atoms with E-state index >= 15 is 0 Å². The Labute approximate surface area is 126 Å². The predicted octanol–water partition coefficient (Wildman–Crippen LogP) is 3.73. The average Bonchev–Trinajstić information content (AvgIpc) is 2.82. The average molecular weight is 301 g/mol. The van der Waals surface area contributed by atoms with Gasteiger partial charge in [0, 0.05) is 12.2 Å². The molecule has 0 spiro atoms. The zero-order chi connectivity index (χ0) is 13.9. The molecule has 2 heterocycles. The molecule has 3 nitrogen and oxygen atoms in total. The fraction of sp³-hybridized carbons (Fsp3) is 0.200. The lowest BCUT2D eigenvalue weighted by Crippen LogP contribution is -2.17. The van der Waals surface area contributed by atoms with Gasteiger partial charge >= 0.3 is 0 Å². The summed E-state index contributed by atoms with van der Waals surface area (Å²) in [4.78, 5) is 9.07. The van der Waals surface area contributed by atoms with Crippen molar-refractivity contribution in [3.8, 4) is 0 Å². The maximum Gasteiger partial charge on any atom is 0.157 e. The van der Waals surface area contributed by atoms with Crippen LogP contribution in [-0.2, 0) is 6.42 Å². The third-order valence-corrected chi connectivity index (χ3v) is 4.87. The summed E-state index contributed by atoms with van der Waals surface area (Å²) in [5.74, 6) is 0. The predicted molar refractivity (Wildman–Crippen MR) is 85.3 cm³/mol. The Bertz CT molecular complexity index is 671. The van der Waals surface area contributed by atoms with Crippen LogP contribution in [0.4, 0.5) is 0 Å². The van der Waals surface area contributed by atoms with Crippen LogP contribution in [0.5, 0.6) is 0 Å². The zero-order valence-corrected chi connectivity index (χ0v) is 12.7. The monoisotopic (exact) mass is 301 g/mol. The maximum absolute atomic E-state index is 5.79. The Hall–Kier alpha value is -1.43. The highest BCUT2D eigenvalue weighted by molar-refractivity contribution is 8.01. The quantitative estimate of drug-likeness (QED) is 0.797. The number of para-hydroxylation sites is 1. The molecule has 20 heavy (non-hydrogen) atoms. The van der Waals surface area contributed by atoms with Gasteiger partial charge in [0.1, 0.15) is 5.03 Å². The van der Waals surface area contributed by atoms with Crippen molar-refractivity contribution >= 4 is 33.3 Å². The molecule has 3 aromatic rings. The smallest absolute Gasteiger partial charge is 0.157 e. The molecule has 0 amide bonds. The number of fused-ring (bicyclic) bond motifs is 1. The summed E-state index contributed by atoms with van der Waals surface area (Å²) in [5.41, 5.74) is 8.01. The second-order valence-electron chi connectivity index (χ2n) is 4.74. The van der Waals surface area contributed by atoms with Crippen LogP contribution in [-0.4, -0.2) is 16.0 Å². The Balaban J connectivity index is 1.76. The topological polar surface area (TPSA) is 51.8 Å². The number of hydrogen-bond donors (Lipinski definition) is 1. The summed E-state index contributed by atoms with van der Waals surface area (Å²) >= 11 is 3.30. The fourth-order valence-corrected chi connectivity index (χ4v) is 3.90. The first-order chi connectivity index (χ1) is 9.70. The SMILES string of the molecule is CC(N)Cc1ccc(Sc2nc3ccccc3s2)nc1. The molecule has 102 valence electrons. The molecule has 0 aliphatic rings. The van der Waals surface area contributed by atoms with Crippen molar-refractivity contribution in [2.75, 3.05) is 0 Å². The number of nitrogens with zero attached hydrogens (tertiary/aromatic N) is 2. The number of aromatic nitrogens is 2. The Kier molecular flexibility index (Phi) is 4.00. The van der Waals surface area contributed by atoms with Gasteiger partial charge in [0.05, 0.1) is 10.2 Å². The standard InChI is InChI=1S/C15H15N3S2/c1-10(16)8-11-6-7-14(17-9-11)20-15-18-12-4-2-3-5-13(12)19-15/h2-7,9-10H,8,16H2,1H3. The van der Waals surface area contributed by atoms with Crippen LogP contribution in [0.1, 0.15) is 12.5 Å². The highest BCUT2D eigenvalue weighted by Gasteiger charge is 2.06. The van der Waals surface area contributed by atoms with E-state index in [1.165, 1.54) is 10.3 Å². The number of rotatable bonds is 4. The minimum atomic E-state index is 0.166. The Morgan fingerprint density at radius 1 is 1.25 bits per heavy atom. The van der Waals surface area contributed by atoms with Gasteiger partial charge in [-0.3, -0.25) is 0 Å². The summed E-state index contributed by atoms with van der Waals surface area (Å²) in [7, 11) is 0. The van der Waals surface area contributed by atoms with Gasteiger partial charge < -0.3 is 5.73 Å². The highest BCUT2D eigenvalue weighted by atomic mass is 32.2. The van der Waals surface area contributed by atoms with Crippen molar-refractivity contribution in [1.82, 2.24) is 9.97 Å². The lowest BCUT2D eigenvalue weighted by molar-refractivity contribution is 0.734. The van der Waals surface area contributed by atoms with Crippen LogP contribution in [0.15, 0.2) is 52.0 Å². The third-order valence-electron chi connectivity index (χ3n) is 2.82. The molecule has 2 aromatic heterocycles. The minimum Gasteiger partial charge on any atom is -0.328 e. The molecule has 2 N–H and O–H groups in total. The van der Waals surface area contributed by atoms with Crippen LogP contribution in [0.2, 0.25) is 0 Å². The van der Waals surface area contributed by atoms with Crippen LogP contribution in [0, 0.1) is 0 Å². The molecule has 5 heteroatoms. The molecule has 0 aliphatic heterocycles. The van der Waals surface area contributed by atoms with Crippen LogP contribution < -0.4 is 5.73 Å². The van der Waals surface area contributed by atoms with Crippen LogP contribution in [0.3, 0.4) is 0 Å². The number of thiazole rings is 1. The van der Waals surface area contributed by atoms with Crippen molar-refractivity contribution in [3.05, 3.63) is 48.2 Å². The van der Waals surface area contributed by atoms with E-state index in [1.807, 2.05) is 37.4 Å². The second-order valence-corrected chi connectivity index (χ2v) is 7.03. The van der Waals surface area contributed by atoms with Gasteiger partial charge in [-0.05, 0) is 48.9 Å². The molecule has 0 aliphatic carbocycles. The summed E-state index contributed by atoms with van der Waals surface area (Å²) in [6.45, 7) is 2.00. The number of benzene rings is 1. The van der Waals surface area contributed by atoms with Crippen molar-refractivity contribution in [1.29, 1.82) is 0 Å². The van der Waals surface area contributed by atoms with E-state index in [1.54, 1.807) is 23.1 Å². The van der Waals surface area contributed by atoms with E-state index in [0.29, 0.717) is 0 Å². The van der Waals surface area contributed by atoms with Gasteiger partial charge in [0.25, 0.3) is 0 Å². The molecule has 1 unspecified atom stereocenters. The first-order valence-corrected chi connectivity index (χ1v) is 8.08. The summed E-state index contributed by atoms with van der Waals surface area (Å²) in [6.07, 6.45) is 2.76. The lowest BCUT2D eigenvalue weighted by Gasteiger charge is -2.04. The van der Waals surface area contributed by atoms with Gasteiger partial charge in [0.15, 0.2) is 4.34 Å². The van der Waals surface area contributed by atoms with E-state index < -0.39 is 0 Å². The molecule has 0 saturated carbocycles. The van der Waals surface area contributed by atoms with Gasteiger partial charge in [-0.25, -0.2) is 9.97 Å². The Morgan fingerprint density at radius 3 is 2.80 bits per heavy atom. The second kappa shape index (κ2) is 5.91. The molecular formula is C15H15N3S2. The van der Waals surface area contributed by atoms with Crippen LogP contribution in [0.25, 0.3) is 10.2 Å². The van der Waals surface area contributed by atoms with E-state index in [2.05, 4.69) is 22.1 Å². The van der Waals surface area contributed by atoms with Gasteiger partial charge in [0.2, 0.25) is 0 Å². The van der Waals surface area contributed by atoms with E-state index in [4.69, 9.17) is 5.73 Å². The number of hydrogen-bond acceptors (Lipinski definition) is 5. The minimum absolute atomic E-state index is 0.166. The van der Waals surface area contributed by atoms with Crippen molar-refractivity contribution in [3.63, 3.8) is 0 Å². The van der Waals surface area contributed by atoms with Crippen molar-refractivity contribution in [2.45, 2.75) is 28.8 Å². The largest absolute Gasteiger partial charge is 0.328 e. The molecule has 0 saturated heterocycles. The van der Waals surface area contributed by atoms with Crippen molar-refractivity contribution < 1.29 is 0 Å². The lowest BCUT2D eigenvalue weighted by atomic mass is 10.1. The number of nitrogens with two attached hydrogens (primary N) is 1. The molecule has 0 fully saturated rings. The van der Waals surface area contributed by atoms with E-state index in [0.717, 1.165) is 21.3 Å². The molecule has 1 aromatic carbocycles.